The molecule has 1 heterocycles. The molecular formula is C23H21Cl2NO4S. The van der Waals surface area contributed by atoms with Gasteiger partial charge in [0, 0.05) is 12.1 Å². The summed E-state index contributed by atoms with van der Waals surface area (Å²) in [5, 5.41) is 0.670. The second-order valence-electron chi connectivity index (χ2n) is 6.67. The molecule has 3 rings (SSSR count). The van der Waals surface area contributed by atoms with Crippen LogP contribution in [0.2, 0.25) is 10.0 Å². The fourth-order valence-corrected chi connectivity index (χ4v) is 4.32. The maximum atomic E-state index is 12.4. The Hall–Kier alpha value is -2.41. The van der Waals surface area contributed by atoms with E-state index in [4.69, 9.17) is 32.7 Å². The average Bonchev–Trinajstić information content (AvgIpc) is 3.01. The highest BCUT2D eigenvalue weighted by molar-refractivity contribution is 8.18. The maximum absolute atomic E-state index is 12.4. The molecule has 0 atom stereocenters. The molecule has 0 radical (unpaired) electrons. The van der Waals surface area contributed by atoms with Crippen molar-refractivity contribution in [3.05, 3.63) is 74.6 Å². The van der Waals surface area contributed by atoms with Crippen LogP contribution in [-0.4, -0.2) is 29.7 Å². The lowest BCUT2D eigenvalue weighted by Crippen LogP contribution is -2.27. The van der Waals surface area contributed by atoms with Gasteiger partial charge in [-0.3, -0.25) is 14.5 Å². The number of carbonyl (C=O) groups is 2. The molecule has 1 fully saturated rings. The van der Waals surface area contributed by atoms with Gasteiger partial charge in [-0.1, -0.05) is 35.3 Å². The lowest BCUT2D eigenvalue weighted by molar-refractivity contribution is -0.122. The Kier molecular flexibility index (Phi) is 7.70. The highest BCUT2D eigenvalue weighted by Crippen LogP contribution is 2.37. The summed E-state index contributed by atoms with van der Waals surface area (Å²) in [5.41, 5.74) is 2.44. The molecule has 2 aromatic carbocycles. The quantitative estimate of drug-likeness (QED) is 0.326. The zero-order chi connectivity index (χ0) is 22.5. The van der Waals surface area contributed by atoms with E-state index in [9.17, 15) is 9.59 Å². The maximum Gasteiger partial charge on any atom is 0.293 e. The highest BCUT2D eigenvalue weighted by atomic mass is 35.5. The first-order valence-corrected chi connectivity index (χ1v) is 11.1. The molecule has 0 aliphatic carbocycles. The number of methoxy groups -OCH3 is 1. The molecule has 0 unspecified atom stereocenters. The number of likely N-dealkylation sites (N-methyl/N-ethyl adjacent to an activating group) is 1. The number of ether oxygens (including phenoxy) is 2. The summed E-state index contributed by atoms with van der Waals surface area (Å²) in [6.07, 6.45) is 3.99. The first-order valence-electron chi connectivity index (χ1n) is 9.51. The van der Waals surface area contributed by atoms with Crippen molar-refractivity contribution < 1.29 is 19.1 Å². The number of allylic oxidation sites excluding steroid dienone is 1. The molecular weight excluding hydrogens is 457 g/mol. The molecule has 1 aliphatic rings. The van der Waals surface area contributed by atoms with Gasteiger partial charge in [0.25, 0.3) is 11.1 Å². The van der Waals surface area contributed by atoms with Crippen LogP contribution in [0.3, 0.4) is 0 Å². The van der Waals surface area contributed by atoms with Crippen molar-refractivity contribution in [2.24, 2.45) is 0 Å². The molecule has 2 aromatic rings. The van der Waals surface area contributed by atoms with Gasteiger partial charge in [-0.15, -0.1) is 6.58 Å². The number of halogens is 2. The van der Waals surface area contributed by atoms with E-state index < -0.39 is 0 Å². The van der Waals surface area contributed by atoms with Crippen LogP contribution in [0, 0.1) is 0 Å². The number of imide groups is 1. The van der Waals surface area contributed by atoms with Crippen LogP contribution in [-0.2, 0) is 17.8 Å². The van der Waals surface area contributed by atoms with Crippen molar-refractivity contribution >= 4 is 52.2 Å². The number of thioether (sulfide) groups is 1. The highest BCUT2D eigenvalue weighted by Gasteiger charge is 2.33. The van der Waals surface area contributed by atoms with Crippen LogP contribution in [0.25, 0.3) is 6.08 Å². The third kappa shape index (κ3) is 5.26. The predicted molar refractivity (Wildman–Crippen MR) is 126 cm³/mol. The molecule has 0 saturated carbocycles. The van der Waals surface area contributed by atoms with E-state index in [1.165, 1.54) is 4.90 Å². The molecule has 5 nitrogen and oxygen atoms in total. The molecule has 0 N–H and O–H groups in total. The monoisotopic (exact) mass is 477 g/mol. The van der Waals surface area contributed by atoms with Gasteiger partial charge in [0.1, 0.15) is 6.61 Å². The van der Waals surface area contributed by atoms with Gasteiger partial charge >= 0.3 is 0 Å². The SMILES string of the molecule is C=CCc1cc(/C=C2/SC(=O)N(CC)C2=O)cc(OC)c1OCc1ccc(Cl)c(Cl)c1. The summed E-state index contributed by atoms with van der Waals surface area (Å²) < 4.78 is 11.6. The van der Waals surface area contributed by atoms with Gasteiger partial charge in [-0.25, -0.2) is 0 Å². The predicted octanol–water partition coefficient (Wildman–Crippen LogP) is 6.37. The number of benzene rings is 2. The number of nitrogens with zero attached hydrogens (tertiary/aromatic N) is 1. The van der Waals surface area contributed by atoms with Crippen molar-refractivity contribution in [3.63, 3.8) is 0 Å². The third-order valence-corrected chi connectivity index (χ3v) is 6.24. The van der Waals surface area contributed by atoms with E-state index in [0.29, 0.717) is 39.4 Å². The van der Waals surface area contributed by atoms with E-state index in [1.807, 2.05) is 12.1 Å². The molecule has 1 aliphatic heterocycles. The summed E-state index contributed by atoms with van der Waals surface area (Å²) in [4.78, 5) is 26.0. The number of carbonyl (C=O) groups excluding carboxylic acids is 2. The van der Waals surface area contributed by atoms with E-state index in [1.54, 1.807) is 44.4 Å². The van der Waals surface area contributed by atoms with Crippen LogP contribution in [0.15, 0.2) is 47.9 Å². The summed E-state index contributed by atoms with van der Waals surface area (Å²) in [6.45, 7) is 6.19. The van der Waals surface area contributed by atoms with Gasteiger partial charge in [-0.2, -0.15) is 0 Å². The largest absolute Gasteiger partial charge is 0.493 e. The first-order chi connectivity index (χ1) is 14.9. The van der Waals surface area contributed by atoms with Crippen LogP contribution >= 0.6 is 35.0 Å². The minimum absolute atomic E-state index is 0.265. The fraction of sp³-hybridized carbons (Fsp3) is 0.217. The zero-order valence-corrected chi connectivity index (χ0v) is 19.4. The summed E-state index contributed by atoms with van der Waals surface area (Å²) >= 11 is 13.0. The van der Waals surface area contributed by atoms with E-state index in [0.717, 1.165) is 28.5 Å². The van der Waals surface area contributed by atoms with E-state index >= 15 is 0 Å². The molecule has 2 amide bonds. The van der Waals surface area contributed by atoms with Crippen molar-refractivity contribution in [1.29, 1.82) is 0 Å². The third-order valence-electron chi connectivity index (χ3n) is 4.59. The number of hydrogen-bond donors (Lipinski definition) is 0. The summed E-state index contributed by atoms with van der Waals surface area (Å²) in [6, 6.07) is 8.98. The number of amides is 2. The Morgan fingerprint density at radius 2 is 1.94 bits per heavy atom. The van der Waals surface area contributed by atoms with Gasteiger partial charge < -0.3 is 9.47 Å². The van der Waals surface area contributed by atoms with Crippen LogP contribution in [0.1, 0.15) is 23.6 Å². The minimum Gasteiger partial charge on any atom is -0.493 e. The Morgan fingerprint density at radius 3 is 2.55 bits per heavy atom. The topological polar surface area (TPSA) is 55.8 Å². The summed E-state index contributed by atoms with van der Waals surface area (Å²) in [7, 11) is 1.55. The molecule has 8 heteroatoms. The van der Waals surface area contributed by atoms with E-state index in [2.05, 4.69) is 6.58 Å². The van der Waals surface area contributed by atoms with Crippen LogP contribution in [0.4, 0.5) is 4.79 Å². The smallest absolute Gasteiger partial charge is 0.293 e. The fourth-order valence-electron chi connectivity index (χ4n) is 3.10. The Labute approximate surface area is 195 Å². The molecule has 162 valence electrons. The Morgan fingerprint density at radius 1 is 1.16 bits per heavy atom. The molecule has 0 aromatic heterocycles. The standard InChI is InChI=1S/C23H21Cl2NO4S/c1-4-6-16-9-15(12-20-22(27)26(5-2)23(28)31-20)11-19(29-3)21(16)30-13-14-7-8-17(24)18(25)10-14/h4,7-12H,1,5-6,13H2,2-3H3/b20-12+. The Bertz CT molecular complexity index is 1070. The zero-order valence-electron chi connectivity index (χ0n) is 17.1. The van der Waals surface area contributed by atoms with Crippen LogP contribution < -0.4 is 9.47 Å². The normalized spacial score (nSPS) is 15.0. The Balaban J connectivity index is 1.93. The van der Waals surface area contributed by atoms with Crippen molar-refractivity contribution in [2.45, 2.75) is 20.0 Å². The first kappa shape index (κ1) is 23.3. The van der Waals surface area contributed by atoms with Gasteiger partial charge in [-0.05, 0) is 66.6 Å². The van der Waals surface area contributed by atoms with Crippen molar-refractivity contribution in [1.82, 2.24) is 4.90 Å². The minimum atomic E-state index is -0.290. The van der Waals surface area contributed by atoms with E-state index in [-0.39, 0.29) is 17.8 Å². The second-order valence-corrected chi connectivity index (χ2v) is 8.47. The molecule has 31 heavy (non-hydrogen) atoms. The second kappa shape index (κ2) is 10.3. The van der Waals surface area contributed by atoms with Gasteiger partial charge in [0.05, 0.1) is 22.1 Å². The average molecular weight is 478 g/mol. The van der Waals surface area contributed by atoms with Crippen molar-refractivity contribution in [2.75, 3.05) is 13.7 Å². The molecule has 0 spiro atoms. The van der Waals surface area contributed by atoms with Crippen LogP contribution in [0.5, 0.6) is 11.5 Å². The summed E-state index contributed by atoms with van der Waals surface area (Å²) in [5.74, 6) is 0.800. The molecule has 0 bridgehead atoms. The lowest BCUT2D eigenvalue weighted by Gasteiger charge is -2.16. The molecule has 1 saturated heterocycles. The number of rotatable bonds is 8. The lowest BCUT2D eigenvalue weighted by atomic mass is 10.0. The van der Waals surface area contributed by atoms with Gasteiger partial charge in [0.15, 0.2) is 11.5 Å². The van der Waals surface area contributed by atoms with Gasteiger partial charge in [0.2, 0.25) is 0 Å². The van der Waals surface area contributed by atoms with Crippen molar-refractivity contribution in [3.8, 4) is 11.5 Å². The number of hydrogen-bond acceptors (Lipinski definition) is 5.